The summed E-state index contributed by atoms with van der Waals surface area (Å²) in [5, 5.41) is 3.36. The molecule has 0 aliphatic heterocycles. The SMILES string of the molecule is Cc1ccncc1N[C@H](C)c1ccco1. The summed E-state index contributed by atoms with van der Waals surface area (Å²) in [6.07, 6.45) is 5.30. The molecule has 1 atom stereocenters. The van der Waals surface area contributed by atoms with Gasteiger partial charge < -0.3 is 9.73 Å². The maximum Gasteiger partial charge on any atom is 0.125 e. The predicted octanol–water partition coefficient (Wildman–Crippen LogP) is 3.16. The van der Waals surface area contributed by atoms with E-state index >= 15 is 0 Å². The van der Waals surface area contributed by atoms with Crippen LogP contribution in [0.2, 0.25) is 0 Å². The number of anilines is 1. The molecule has 0 unspecified atom stereocenters. The zero-order chi connectivity index (χ0) is 10.7. The number of hydrogen-bond donors (Lipinski definition) is 1. The van der Waals surface area contributed by atoms with E-state index in [0.29, 0.717) is 0 Å². The number of nitrogens with zero attached hydrogens (tertiary/aromatic N) is 1. The van der Waals surface area contributed by atoms with Gasteiger partial charge in [0.2, 0.25) is 0 Å². The van der Waals surface area contributed by atoms with Crippen LogP contribution in [0.15, 0.2) is 41.3 Å². The minimum absolute atomic E-state index is 0.155. The van der Waals surface area contributed by atoms with Gasteiger partial charge in [0.15, 0.2) is 0 Å². The molecule has 1 N–H and O–H groups in total. The second-order valence-electron chi connectivity index (χ2n) is 3.57. The lowest BCUT2D eigenvalue weighted by Crippen LogP contribution is -2.06. The topological polar surface area (TPSA) is 38.1 Å². The molecule has 15 heavy (non-hydrogen) atoms. The molecule has 0 saturated carbocycles. The third-order valence-electron chi connectivity index (χ3n) is 2.38. The largest absolute Gasteiger partial charge is 0.467 e. The van der Waals surface area contributed by atoms with Crippen LogP contribution < -0.4 is 5.32 Å². The van der Waals surface area contributed by atoms with Crippen LogP contribution in [0.4, 0.5) is 5.69 Å². The van der Waals surface area contributed by atoms with Gasteiger partial charge in [-0.2, -0.15) is 0 Å². The van der Waals surface area contributed by atoms with Crippen molar-refractivity contribution in [2.75, 3.05) is 5.32 Å². The summed E-state index contributed by atoms with van der Waals surface area (Å²) < 4.78 is 5.32. The van der Waals surface area contributed by atoms with Crippen molar-refractivity contribution in [3.05, 3.63) is 48.2 Å². The second-order valence-corrected chi connectivity index (χ2v) is 3.57. The minimum atomic E-state index is 0.155. The van der Waals surface area contributed by atoms with E-state index in [0.717, 1.165) is 11.4 Å². The van der Waals surface area contributed by atoms with Gasteiger partial charge in [-0.15, -0.1) is 0 Å². The van der Waals surface area contributed by atoms with Crippen LogP contribution in [0, 0.1) is 6.92 Å². The van der Waals surface area contributed by atoms with Crippen molar-refractivity contribution in [1.82, 2.24) is 4.98 Å². The van der Waals surface area contributed by atoms with Crippen LogP contribution >= 0.6 is 0 Å². The van der Waals surface area contributed by atoms with Crippen LogP contribution in [0.5, 0.6) is 0 Å². The zero-order valence-electron chi connectivity index (χ0n) is 8.90. The fourth-order valence-corrected chi connectivity index (χ4v) is 1.46. The van der Waals surface area contributed by atoms with Crippen LogP contribution in [-0.2, 0) is 0 Å². The van der Waals surface area contributed by atoms with Crippen molar-refractivity contribution in [3.63, 3.8) is 0 Å². The lowest BCUT2D eigenvalue weighted by atomic mass is 10.2. The summed E-state index contributed by atoms with van der Waals surface area (Å²) in [6, 6.07) is 5.99. The number of aromatic nitrogens is 1. The first-order valence-electron chi connectivity index (χ1n) is 4.98. The second kappa shape index (κ2) is 4.17. The Morgan fingerprint density at radius 3 is 2.93 bits per heavy atom. The Hall–Kier alpha value is -1.77. The summed E-state index contributed by atoms with van der Waals surface area (Å²) in [5.41, 5.74) is 2.23. The van der Waals surface area contributed by atoms with Crippen molar-refractivity contribution in [2.24, 2.45) is 0 Å². The van der Waals surface area contributed by atoms with E-state index in [9.17, 15) is 0 Å². The Labute approximate surface area is 89.1 Å². The zero-order valence-corrected chi connectivity index (χ0v) is 8.90. The molecule has 78 valence electrons. The number of furan rings is 1. The van der Waals surface area contributed by atoms with Gasteiger partial charge in [-0.05, 0) is 37.6 Å². The minimum Gasteiger partial charge on any atom is -0.467 e. The van der Waals surface area contributed by atoms with Crippen molar-refractivity contribution in [2.45, 2.75) is 19.9 Å². The molecule has 0 saturated heterocycles. The highest BCUT2D eigenvalue weighted by Crippen LogP contribution is 2.20. The Kier molecular flexibility index (Phi) is 2.72. The first kappa shape index (κ1) is 9.77. The Morgan fingerprint density at radius 2 is 2.27 bits per heavy atom. The molecular formula is C12H14N2O. The van der Waals surface area contributed by atoms with Gasteiger partial charge in [-0.3, -0.25) is 4.98 Å². The molecule has 0 aromatic carbocycles. The standard InChI is InChI=1S/C12H14N2O/c1-9-5-6-13-8-11(9)14-10(2)12-4-3-7-15-12/h3-8,10,14H,1-2H3/t10-/m1/s1. The van der Waals surface area contributed by atoms with Crippen LogP contribution in [0.3, 0.4) is 0 Å². The van der Waals surface area contributed by atoms with Crippen molar-refractivity contribution < 1.29 is 4.42 Å². The number of nitrogens with one attached hydrogen (secondary N) is 1. The van der Waals surface area contributed by atoms with E-state index in [1.54, 1.807) is 12.5 Å². The van der Waals surface area contributed by atoms with Gasteiger partial charge in [0, 0.05) is 6.20 Å². The summed E-state index contributed by atoms with van der Waals surface area (Å²) in [5.74, 6) is 0.929. The van der Waals surface area contributed by atoms with Gasteiger partial charge in [0.25, 0.3) is 0 Å². The fraction of sp³-hybridized carbons (Fsp3) is 0.250. The summed E-state index contributed by atoms with van der Waals surface area (Å²) in [4.78, 5) is 4.09. The molecule has 0 fully saturated rings. The third kappa shape index (κ3) is 2.18. The van der Waals surface area contributed by atoms with Crippen LogP contribution in [0.1, 0.15) is 24.3 Å². The molecule has 0 aliphatic carbocycles. The van der Waals surface area contributed by atoms with E-state index in [2.05, 4.69) is 24.1 Å². The van der Waals surface area contributed by atoms with Crippen molar-refractivity contribution in [1.29, 1.82) is 0 Å². The van der Waals surface area contributed by atoms with Gasteiger partial charge in [-0.25, -0.2) is 0 Å². The molecule has 0 spiro atoms. The predicted molar refractivity (Wildman–Crippen MR) is 59.7 cm³/mol. The molecule has 2 rings (SSSR count). The van der Waals surface area contributed by atoms with Crippen molar-refractivity contribution in [3.8, 4) is 0 Å². The molecule has 0 radical (unpaired) electrons. The molecule has 2 aromatic rings. The Bertz CT molecular complexity index is 423. The number of pyridine rings is 1. The summed E-state index contributed by atoms with van der Waals surface area (Å²) >= 11 is 0. The lowest BCUT2D eigenvalue weighted by molar-refractivity contribution is 0.490. The highest BCUT2D eigenvalue weighted by molar-refractivity contribution is 5.49. The van der Waals surface area contributed by atoms with E-state index in [4.69, 9.17) is 4.42 Å². The quantitative estimate of drug-likeness (QED) is 0.830. The number of hydrogen-bond acceptors (Lipinski definition) is 3. The summed E-state index contributed by atoms with van der Waals surface area (Å²) in [6.45, 7) is 4.12. The van der Waals surface area contributed by atoms with E-state index < -0.39 is 0 Å². The van der Waals surface area contributed by atoms with E-state index in [1.807, 2.05) is 24.4 Å². The molecule has 0 bridgehead atoms. The normalized spacial score (nSPS) is 12.4. The smallest absolute Gasteiger partial charge is 0.125 e. The summed E-state index contributed by atoms with van der Waals surface area (Å²) in [7, 11) is 0. The van der Waals surface area contributed by atoms with Crippen molar-refractivity contribution >= 4 is 5.69 Å². The molecule has 3 nitrogen and oxygen atoms in total. The molecule has 2 heterocycles. The van der Waals surface area contributed by atoms with E-state index in [1.165, 1.54) is 5.56 Å². The maximum atomic E-state index is 5.32. The average Bonchev–Trinajstić information content (AvgIpc) is 2.74. The van der Waals surface area contributed by atoms with Crippen LogP contribution in [-0.4, -0.2) is 4.98 Å². The van der Waals surface area contributed by atoms with Gasteiger partial charge in [0.05, 0.1) is 24.2 Å². The maximum absolute atomic E-state index is 5.32. The van der Waals surface area contributed by atoms with Crippen LogP contribution in [0.25, 0.3) is 0 Å². The first-order chi connectivity index (χ1) is 7.27. The lowest BCUT2D eigenvalue weighted by Gasteiger charge is -2.14. The highest BCUT2D eigenvalue weighted by Gasteiger charge is 2.08. The molecular weight excluding hydrogens is 188 g/mol. The number of aryl methyl sites for hydroxylation is 1. The first-order valence-corrected chi connectivity index (χ1v) is 4.98. The Morgan fingerprint density at radius 1 is 1.40 bits per heavy atom. The highest BCUT2D eigenvalue weighted by atomic mass is 16.3. The number of rotatable bonds is 3. The van der Waals surface area contributed by atoms with E-state index in [-0.39, 0.29) is 6.04 Å². The molecule has 0 amide bonds. The molecule has 2 aromatic heterocycles. The van der Waals surface area contributed by atoms with Gasteiger partial charge in [-0.1, -0.05) is 0 Å². The molecule has 3 heteroatoms. The third-order valence-corrected chi connectivity index (χ3v) is 2.38. The average molecular weight is 202 g/mol. The Balaban J connectivity index is 2.13. The molecule has 0 aliphatic rings. The monoisotopic (exact) mass is 202 g/mol. The van der Waals surface area contributed by atoms with Gasteiger partial charge >= 0.3 is 0 Å². The fourth-order valence-electron chi connectivity index (χ4n) is 1.46. The van der Waals surface area contributed by atoms with Gasteiger partial charge in [0.1, 0.15) is 5.76 Å².